The first-order chi connectivity index (χ1) is 16.1. The number of carbonyl (C=O) groups excluding carboxylic acids is 2. The van der Waals surface area contributed by atoms with Gasteiger partial charge in [-0.3, -0.25) is 14.3 Å². The van der Waals surface area contributed by atoms with Gasteiger partial charge in [0.05, 0.1) is 29.9 Å². The summed E-state index contributed by atoms with van der Waals surface area (Å²) in [4.78, 5) is 33.2. The third-order valence-electron chi connectivity index (χ3n) is 5.63. The molecule has 3 heterocycles. The molecule has 184 valence electrons. The van der Waals surface area contributed by atoms with Crippen LogP contribution in [-0.4, -0.2) is 70.5 Å². The zero-order valence-corrected chi connectivity index (χ0v) is 20.0. The van der Waals surface area contributed by atoms with Crippen molar-refractivity contribution in [1.29, 1.82) is 0 Å². The van der Waals surface area contributed by atoms with E-state index >= 15 is 0 Å². The minimum Gasteiger partial charge on any atom is -0.373 e. The average Bonchev–Trinajstić information content (AvgIpc) is 3.05. The lowest BCUT2D eigenvalue weighted by molar-refractivity contribution is -0.169. The molecule has 0 saturated carbocycles. The molecule has 1 aromatic carbocycles. The van der Waals surface area contributed by atoms with Crippen LogP contribution in [0.1, 0.15) is 28.7 Å². The fourth-order valence-electron chi connectivity index (χ4n) is 4.03. The van der Waals surface area contributed by atoms with Crippen LogP contribution in [0.3, 0.4) is 0 Å². The Labute approximate surface area is 201 Å². The number of nitrogens with zero attached hydrogens (tertiary/aromatic N) is 4. The average molecular weight is 546 g/mol. The van der Waals surface area contributed by atoms with Crippen LogP contribution < -0.4 is 5.32 Å². The number of rotatable bonds is 5. The summed E-state index contributed by atoms with van der Waals surface area (Å²) in [5, 5.41) is 8.35. The first kappa shape index (κ1) is 24.5. The predicted molar refractivity (Wildman–Crippen MR) is 118 cm³/mol. The lowest BCUT2D eigenvalue weighted by Gasteiger charge is -2.33. The van der Waals surface area contributed by atoms with Crippen LogP contribution in [-0.2, 0) is 29.1 Å². The molecule has 0 saturated heterocycles. The SMILES string of the molecule is C[C@@H]1Cc2nn3c(c2CN1C(=O)Nc1ccc(F)c(Br)c1)C(=O)N(C)O[C@@H](COCC(F)F)C3. The molecular weight excluding hydrogens is 523 g/mol. The number of alkyl halides is 2. The lowest BCUT2D eigenvalue weighted by Crippen LogP contribution is -2.45. The number of hydrogen-bond acceptors (Lipinski definition) is 5. The number of amides is 3. The molecule has 1 N–H and O–H groups in total. The Morgan fingerprint density at radius 3 is 2.88 bits per heavy atom. The van der Waals surface area contributed by atoms with Crippen LogP contribution in [0.25, 0.3) is 0 Å². The van der Waals surface area contributed by atoms with Crippen molar-refractivity contribution >= 4 is 33.6 Å². The Balaban J connectivity index is 1.54. The van der Waals surface area contributed by atoms with Gasteiger partial charge in [-0.1, -0.05) is 0 Å². The van der Waals surface area contributed by atoms with E-state index in [1.165, 1.54) is 29.9 Å². The summed E-state index contributed by atoms with van der Waals surface area (Å²) in [5.41, 5.74) is 1.99. The van der Waals surface area contributed by atoms with E-state index in [1.54, 1.807) is 4.90 Å². The Morgan fingerprint density at radius 2 is 2.18 bits per heavy atom. The van der Waals surface area contributed by atoms with Gasteiger partial charge in [0, 0.05) is 30.8 Å². The van der Waals surface area contributed by atoms with Gasteiger partial charge in [-0.15, -0.1) is 0 Å². The summed E-state index contributed by atoms with van der Waals surface area (Å²) in [5.74, 6) is -0.901. The van der Waals surface area contributed by atoms with Crippen LogP contribution >= 0.6 is 15.9 Å². The molecule has 2 aliphatic heterocycles. The summed E-state index contributed by atoms with van der Waals surface area (Å²) in [6.45, 7) is 1.26. The number of fused-ring (bicyclic) bond motifs is 3. The molecule has 3 amide bonds. The smallest absolute Gasteiger partial charge is 0.322 e. The number of hydrogen-bond donors (Lipinski definition) is 1. The summed E-state index contributed by atoms with van der Waals surface area (Å²) in [6, 6.07) is 3.54. The van der Waals surface area contributed by atoms with Gasteiger partial charge in [0.2, 0.25) is 0 Å². The summed E-state index contributed by atoms with van der Waals surface area (Å²) < 4.78 is 45.0. The van der Waals surface area contributed by atoms with Crippen LogP contribution in [0.15, 0.2) is 22.7 Å². The maximum absolute atomic E-state index is 13.5. The topological polar surface area (TPSA) is 88.9 Å². The van der Waals surface area contributed by atoms with E-state index in [0.29, 0.717) is 23.4 Å². The highest BCUT2D eigenvalue weighted by atomic mass is 79.9. The molecule has 2 atom stereocenters. The summed E-state index contributed by atoms with van der Waals surface area (Å²) >= 11 is 3.10. The van der Waals surface area contributed by atoms with Crippen molar-refractivity contribution in [2.45, 2.75) is 45.0 Å². The molecule has 0 radical (unpaired) electrons. The number of halogens is 4. The molecule has 0 unspecified atom stereocenters. The predicted octanol–water partition coefficient (Wildman–Crippen LogP) is 3.43. The molecule has 1 aromatic heterocycles. The number of hydroxylamine groups is 2. The highest BCUT2D eigenvalue weighted by Crippen LogP contribution is 2.29. The van der Waals surface area contributed by atoms with E-state index in [1.807, 2.05) is 6.92 Å². The van der Waals surface area contributed by atoms with E-state index < -0.39 is 36.9 Å². The summed E-state index contributed by atoms with van der Waals surface area (Å²) in [7, 11) is 1.43. The number of carbonyl (C=O) groups is 2. The quantitative estimate of drug-likeness (QED) is 0.621. The second-order valence-corrected chi connectivity index (χ2v) is 9.01. The third kappa shape index (κ3) is 5.05. The van der Waals surface area contributed by atoms with Gasteiger partial charge in [0.1, 0.15) is 24.2 Å². The number of nitrogens with one attached hydrogen (secondary N) is 1. The fourth-order valence-corrected chi connectivity index (χ4v) is 4.40. The normalized spacial score (nSPS) is 20.3. The Bertz CT molecular complexity index is 1100. The van der Waals surface area contributed by atoms with Crippen LogP contribution in [0.5, 0.6) is 0 Å². The highest BCUT2D eigenvalue weighted by Gasteiger charge is 2.37. The lowest BCUT2D eigenvalue weighted by atomic mass is 9.99. The van der Waals surface area contributed by atoms with Gasteiger partial charge in [0.15, 0.2) is 0 Å². The number of urea groups is 1. The minimum atomic E-state index is -2.60. The molecule has 9 nitrogen and oxygen atoms in total. The molecular formula is C21H23BrF3N5O4. The first-order valence-electron chi connectivity index (χ1n) is 10.6. The minimum absolute atomic E-state index is 0.131. The largest absolute Gasteiger partial charge is 0.373 e. The Kier molecular flexibility index (Phi) is 7.14. The van der Waals surface area contributed by atoms with Crippen molar-refractivity contribution in [3.05, 3.63) is 45.4 Å². The molecule has 0 aliphatic carbocycles. The van der Waals surface area contributed by atoms with E-state index in [-0.39, 0.29) is 35.9 Å². The van der Waals surface area contributed by atoms with Crippen LogP contribution in [0.4, 0.5) is 23.7 Å². The van der Waals surface area contributed by atoms with Crippen molar-refractivity contribution in [2.75, 3.05) is 25.6 Å². The van der Waals surface area contributed by atoms with Crippen molar-refractivity contribution in [1.82, 2.24) is 19.7 Å². The highest BCUT2D eigenvalue weighted by molar-refractivity contribution is 9.10. The Morgan fingerprint density at radius 1 is 1.41 bits per heavy atom. The second kappa shape index (κ2) is 9.92. The number of benzene rings is 1. The van der Waals surface area contributed by atoms with Gasteiger partial charge in [-0.05, 0) is 41.1 Å². The van der Waals surface area contributed by atoms with E-state index in [4.69, 9.17) is 9.57 Å². The van der Waals surface area contributed by atoms with Crippen molar-refractivity contribution in [3.63, 3.8) is 0 Å². The maximum Gasteiger partial charge on any atom is 0.322 e. The molecule has 0 bridgehead atoms. The van der Waals surface area contributed by atoms with Gasteiger partial charge in [0.25, 0.3) is 12.3 Å². The number of aromatic nitrogens is 2. The van der Waals surface area contributed by atoms with Gasteiger partial charge < -0.3 is 15.0 Å². The molecule has 0 fully saturated rings. The van der Waals surface area contributed by atoms with Crippen LogP contribution in [0.2, 0.25) is 0 Å². The molecule has 34 heavy (non-hydrogen) atoms. The molecule has 2 aliphatic rings. The third-order valence-corrected chi connectivity index (χ3v) is 6.24. The molecule has 2 aromatic rings. The van der Waals surface area contributed by atoms with Crippen LogP contribution in [0, 0.1) is 5.82 Å². The molecule has 4 rings (SSSR count). The standard InChI is InChI=1S/C21H23BrF3N5O4/c1-11-5-17-14(8-29(11)21(32)26-12-3-4-16(23)15(22)6-12)19-20(31)28(2)34-13(7-30(19)27-17)9-33-10-18(24)25/h3-4,6,11,13,18H,5,7-10H2,1-2H3,(H,26,32)/t11-,13-/m1/s1. The first-order valence-corrected chi connectivity index (χ1v) is 11.3. The fraction of sp³-hybridized carbons (Fsp3) is 0.476. The van der Waals surface area contributed by atoms with Crippen molar-refractivity contribution in [3.8, 4) is 0 Å². The molecule has 0 spiro atoms. The zero-order valence-electron chi connectivity index (χ0n) is 18.4. The zero-order chi connectivity index (χ0) is 24.6. The van der Waals surface area contributed by atoms with Gasteiger partial charge in [-0.25, -0.2) is 23.0 Å². The Hall–Kier alpha value is -2.64. The second-order valence-electron chi connectivity index (χ2n) is 8.15. The van der Waals surface area contributed by atoms with E-state index in [9.17, 15) is 22.8 Å². The van der Waals surface area contributed by atoms with Crippen molar-refractivity contribution in [2.24, 2.45) is 0 Å². The van der Waals surface area contributed by atoms with E-state index in [2.05, 4.69) is 26.3 Å². The molecule has 13 heteroatoms. The number of anilines is 1. The van der Waals surface area contributed by atoms with E-state index in [0.717, 1.165) is 5.06 Å². The van der Waals surface area contributed by atoms with Crippen molar-refractivity contribution < 1.29 is 32.3 Å². The van der Waals surface area contributed by atoms with Gasteiger partial charge in [-0.2, -0.15) is 5.10 Å². The van der Waals surface area contributed by atoms with Gasteiger partial charge >= 0.3 is 6.03 Å². The maximum atomic E-state index is 13.5. The number of ether oxygens (including phenoxy) is 1. The monoisotopic (exact) mass is 545 g/mol. The summed E-state index contributed by atoms with van der Waals surface area (Å²) in [6.07, 6.45) is -2.88.